The fraction of sp³-hybridized carbons (Fsp3) is 0.295. The fourth-order valence-electron chi connectivity index (χ4n) is 9.46. The number of amides is 3. The van der Waals surface area contributed by atoms with E-state index >= 15 is 0 Å². The maximum Gasteiger partial charge on any atom is 0.259 e. The molecule has 3 saturated heterocycles. The van der Waals surface area contributed by atoms with Crippen LogP contribution in [-0.4, -0.2) is 80.8 Å². The van der Waals surface area contributed by atoms with E-state index in [2.05, 4.69) is 66.3 Å². The Morgan fingerprint density at radius 3 is 2.27 bits per heavy atom. The molecular weight excluding hydrogens is 691 g/mol. The average Bonchev–Trinajstić information content (AvgIpc) is 3.77. The summed E-state index contributed by atoms with van der Waals surface area (Å²) in [5.74, 6) is -0.147. The summed E-state index contributed by atoms with van der Waals surface area (Å²) in [5, 5.41) is 23.5. The summed E-state index contributed by atoms with van der Waals surface area (Å²) in [7, 11) is 0. The minimum absolute atomic E-state index is 0.171. The standard InChI is InChI=1S/C44H41N7O4/c52-40-7-2-1-4-31(40)35-26-39-34(46-47-35)20-25-50(39)30-10-8-27(9-11-30)28-16-21-48(22-17-28)29-18-23-49(24-19-29)36-12-13-37-42-32(36)5-3-6-33(42)44(55)51(37)38-14-15-41(53)45-43(38)54/h1-13,20,25-26,28-29,38,52H,14-19,21-24H2,(H,45,53,54). The van der Waals surface area contributed by atoms with Gasteiger partial charge in [-0.2, -0.15) is 0 Å². The second-order valence-electron chi connectivity index (χ2n) is 15.3. The number of hydrogen-bond acceptors (Lipinski definition) is 8. The van der Waals surface area contributed by atoms with Gasteiger partial charge in [-0.15, -0.1) is 10.2 Å². The van der Waals surface area contributed by atoms with E-state index in [4.69, 9.17) is 0 Å². The number of piperidine rings is 3. The summed E-state index contributed by atoms with van der Waals surface area (Å²) in [4.78, 5) is 44.9. The smallest absolute Gasteiger partial charge is 0.259 e. The molecular formula is C44H41N7O4. The van der Waals surface area contributed by atoms with Crippen molar-refractivity contribution >= 4 is 50.9 Å². The molecule has 55 heavy (non-hydrogen) atoms. The lowest BCUT2D eigenvalue weighted by Gasteiger charge is -2.42. The maximum absolute atomic E-state index is 13.6. The third-order valence-corrected chi connectivity index (χ3v) is 12.3. The first-order valence-electron chi connectivity index (χ1n) is 19.4. The molecule has 10 rings (SSSR count). The minimum Gasteiger partial charge on any atom is -0.507 e. The van der Waals surface area contributed by atoms with Crippen LogP contribution in [-0.2, 0) is 9.59 Å². The van der Waals surface area contributed by atoms with Crippen molar-refractivity contribution < 1.29 is 19.5 Å². The van der Waals surface area contributed by atoms with E-state index in [1.807, 2.05) is 48.7 Å². The van der Waals surface area contributed by atoms with Gasteiger partial charge in [0.2, 0.25) is 11.8 Å². The number of nitrogens with zero attached hydrogens (tertiary/aromatic N) is 6. The van der Waals surface area contributed by atoms with Gasteiger partial charge in [-0.3, -0.25) is 24.6 Å². The Balaban J connectivity index is 0.784. The molecule has 0 bridgehead atoms. The van der Waals surface area contributed by atoms with Crippen molar-refractivity contribution in [2.24, 2.45) is 0 Å². The highest BCUT2D eigenvalue weighted by molar-refractivity contribution is 6.28. The molecule has 0 saturated carbocycles. The molecule has 0 spiro atoms. The first kappa shape index (κ1) is 33.5. The fourth-order valence-corrected chi connectivity index (χ4v) is 9.46. The van der Waals surface area contributed by atoms with Crippen LogP contribution in [0.5, 0.6) is 5.75 Å². The van der Waals surface area contributed by atoms with Gasteiger partial charge >= 0.3 is 0 Å². The number of nitrogens with one attached hydrogen (secondary N) is 1. The Labute approximate surface area is 318 Å². The van der Waals surface area contributed by atoms with Crippen LogP contribution in [0, 0.1) is 0 Å². The molecule has 1 atom stereocenters. The van der Waals surface area contributed by atoms with E-state index in [9.17, 15) is 19.5 Å². The SMILES string of the molecule is O=C1CCC(N2C(=O)c3cccc4c(N5CCC(N6CCC(c7ccc(-n8ccc9nnc(-c%10ccccc%10O)cc98)cc7)CC6)CC5)ccc2c34)C(=O)N1. The van der Waals surface area contributed by atoms with Crippen molar-refractivity contribution in [2.75, 3.05) is 36.0 Å². The lowest BCUT2D eigenvalue weighted by atomic mass is 9.88. The summed E-state index contributed by atoms with van der Waals surface area (Å²) >= 11 is 0. The van der Waals surface area contributed by atoms with Crippen LogP contribution in [0.1, 0.15) is 60.4 Å². The van der Waals surface area contributed by atoms with Crippen molar-refractivity contribution in [3.63, 3.8) is 0 Å². The molecule has 11 nitrogen and oxygen atoms in total. The van der Waals surface area contributed by atoms with Crippen molar-refractivity contribution in [3.8, 4) is 22.7 Å². The third kappa shape index (κ3) is 5.72. The number of carbonyl (C=O) groups excluding carboxylic acids is 3. The molecule has 276 valence electrons. The number of fused-ring (bicyclic) bond motifs is 1. The van der Waals surface area contributed by atoms with Gasteiger partial charge < -0.3 is 19.5 Å². The Bertz CT molecular complexity index is 2500. The predicted octanol–water partition coefficient (Wildman–Crippen LogP) is 6.56. The Morgan fingerprint density at radius 1 is 0.727 bits per heavy atom. The first-order chi connectivity index (χ1) is 26.9. The number of aromatic nitrogens is 3. The van der Waals surface area contributed by atoms with Gasteiger partial charge in [0.15, 0.2) is 0 Å². The first-order valence-corrected chi connectivity index (χ1v) is 19.4. The van der Waals surface area contributed by atoms with E-state index < -0.39 is 11.9 Å². The highest BCUT2D eigenvalue weighted by Crippen LogP contribution is 2.44. The maximum atomic E-state index is 13.6. The van der Waals surface area contributed by atoms with Crippen LogP contribution in [0.3, 0.4) is 0 Å². The topological polar surface area (TPSA) is 124 Å². The lowest BCUT2D eigenvalue weighted by Crippen LogP contribution is -2.53. The van der Waals surface area contributed by atoms with Gasteiger partial charge in [-0.25, -0.2) is 0 Å². The van der Waals surface area contributed by atoms with Gasteiger partial charge in [0.05, 0.1) is 16.9 Å². The van der Waals surface area contributed by atoms with Gasteiger partial charge in [0.1, 0.15) is 17.3 Å². The highest BCUT2D eigenvalue weighted by atomic mass is 16.3. The molecule has 2 aromatic heterocycles. The summed E-state index contributed by atoms with van der Waals surface area (Å²) < 4.78 is 2.13. The van der Waals surface area contributed by atoms with Gasteiger partial charge in [0, 0.05) is 65.0 Å². The largest absolute Gasteiger partial charge is 0.507 e. The van der Waals surface area contributed by atoms with Crippen LogP contribution in [0.25, 0.3) is 38.8 Å². The van der Waals surface area contributed by atoms with Crippen LogP contribution in [0.2, 0.25) is 0 Å². The average molecular weight is 732 g/mol. The Hall–Kier alpha value is -6.07. The van der Waals surface area contributed by atoms with Crippen molar-refractivity contribution in [1.82, 2.24) is 25.0 Å². The number of benzene rings is 4. The number of rotatable bonds is 6. The number of phenols is 1. The molecule has 1 unspecified atom stereocenters. The highest BCUT2D eigenvalue weighted by Gasteiger charge is 2.41. The van der Waals surface area contributed by atoms with Gasteiger partial charge in [-0.1, -0.05) is 36.4 Å². The second kappa shape index (κ2) is 13.3. The van der Waals surface area contributed by atoms with E-state index in [0.29, 0.717) is 35.2 Å². The van der Waals surface area contributed by atoms with Gasteiger partial charge in [-0.05, 0) is 111 Å². The zero-order chi connectivity index (χ0) is 37.2. The number of imide groups is 1. The Kier molecular flexibility index (Phi) is 8.13. The summed E-state index contributed by atoms with van der Waals surface area (Å²) in [6, 6.07) is 29.9. The third-order valence-electron chi connectivity index (χ3n) is 12.3. The zero-order valence-corrected chi connectivity index (χ0v) is 30.4. The molecule has 6 heterocycles. The van der Waals surface area contributed by atoms with E-state index in [1.165, 1.54) is 5.56 Å². The van der Waals surface area contributed by atoms with Crippen molar-refractivity contribution in [2.45, 2.75) is 56.5 Å². The quantitative estimate of drug-likeness (QED) is 0.185. The summed E-state index contributed by atoms with van der Waals surface area (Å²) in [6.45, 7) is 4.07. The van der Waals surface area contributed by atoms with Gasteiger partial charge in [0.25, 0.3) is 5.91 Å². The number of carbonyl (C=O) groups is 3. The molecule has 0 radical (unpaired) electrons. The van der Waals surface area contributed by atoms with Crippen molar-refractivity contribution in [3.05, 3.63) is 108 Å². The monoisotopic (exact) mass is 731 g/mol. The van der Waals surface area contributed by atoms with Crippen LogP contribution < -0.4 is 15.1 Å². The van der Waals surface area contributed by atoms with Crippen LogP contribution in [0.4, 0.5) is 11.4 Å². The molecule has 6 aromatic rings. The number of anilines is 2. The molecule has 3 fully saturated rings. The zero-order valence-electron chi connectivity index (χ0n) is 30.4. The number of hydrogen-bond donors (Lipinski definition) is 2. The molecule has 3 amide bonds. The van der Waals surface area contributed by atoms with E-state index in [0.717, 1.165) is 90.7 Å². The molecule has 11 heteroatoms. The van der Waals surface area contributed by atoms with E-state index in [-0.39, 0.29) is 24.0 Å². The molecule has 4 aliphatic rings. The minimum atomic E-state index is -0.682. The van der Waals surface area contributed by atoms with Crippen LogP contribution in [0.15, 0.2) is 97.2 Å². The van der Waals surface area contributed by atoms with Crippen molar-refractivity contribution in [1.29, 1.82) is 0 Å². The summed E-state index contributed by atoms with van der Waals surface area (Å²) in [5.41, 5.74) is 8.02. The molecule has 4 aliphatic heterocycles. The Morgan fingerprint density at radius 2 is 1.49 bits per heavy atom. The number of para-hydroxylation sites is 1. The summed E-state index contributed by atoms with van der Waals surface area (Å²) in [6.07, 6.45) is 7.03. The second-order valence-corrected chi connectivity index (χ2v) is 15.3. The number of aromatic hydroxyl groups is 1. The predicted molar refractivity (Wildman–Crippen MR) is 212 cm³/mol. The molecule has 0 aliphatic carbocycles. The number of phenolic OH excluding ortho intramolecular Hbond substituents is 1. The number of likely N-dealkylation sites (tertiary alicyclic amines) is 1. The lowest BCUT2D eigenvalue weighted by molar-refractivity contribution is -0.134. The van der Waals surface area contributed by atoms with E-state index in [1.54, 1.807) is 17.0 Å². The molecule has 4 aromatic carbocycles. The molecule has 2 N–H and O–H groups in total. The normalized spacial score (nSPS) is 19.9. The van der Waals surface area contributed by atoms with Crippen LogP contribution >= 0.6 is 0 Å².